The van der Waals surface area contributed by atoms with Crippen LogP contribution in [0.3, 0.4) is 0 Å². The summed E-state index contributed by atoms with van der Waals surface area (Å²) in [5.41, 5.74) is 0. The van der Waals surface area contributed by atoms with Crippen LogP contribution >= 0.6 is 69.6 Å². The fourth-order valence-corrected chi connectivity index (χ4v) is 3.12. The van der Waals surface area contributed by atoms with Crippen LogP contribution < -0.4 is 0 Å². The average molecular weight is 377 g/mol. The maximum absolute atomic E-state index is 6.18. The first-order chi connectivity index (χ1) is 8.50. The van der Waals surface area contributed by atoms with E-state index in [2.05, 4.69) is 0 Å². The van der Waals surface area contributed by atoms with Crippen molar-refractivity contribution >= 4 is 69.6 Å². The van der Waals surface area contributed by atoms with Gasteiger partial charge in [-0.05, 0) is 12.8 Å². The molecule has 0 saturated heterocycles. The SMILES string of the molecule is ClCCCCCCCCC(Cl)C(Cl)C(Cl)C(Cl)Cl. The topological polar surface area (TPSA) is 0 Å². The van der Waals surface area contributed by atoms with Gasteiger partial charge in [-0.1, -0.05) is 32.1 Å². The molecule has 18 heavy (non-hydrogen) atoms. The Hall–Kier alpha value is 1.74. The Labute approximate surface area is 141 Å². The maximum Gasteiger partial charge on any atom is 0.125 e. The molecule has 0 bridgehead atoms. The molecular formula is C12H20Cl6. The zero-order valence-electron chi connectivity index (χ0n) is 10.2. The van der Waals surface area contributed by atoms with Gasteiger partial charge >= 0.3 is 0 Å². The standard InChI is InChI=1S/C12H20Cl6/c13-8-6-4-2-1-3-5-7-9(14)10(15)11(16)12(17)18/h9-12H,1-8H2. The van der Waals surface area contributed by atoms with Gasteiger partial charge in [0, 0.05) is 5.88 Å². The Kier molecular flexibility index (Phi) is 13.7. The third-order valence-corrected chi connectivity index (χ3v) is 5.67. The second kappa shape index (κ2) is 12.5. The highest BCUT2D eigenvalue weighted by Gasteiger charge is 2.28. The Morgan fingerprint density at radius 1 is 0.611 bits per heavy atom. The summed E-state index contributed by atoms with van der Waals surface area (Å²) >= 11 is 35.2. The highest BCUT2D eigenvalue weighted by atomic mass is 35.5. The number of hydrogen-bond donors (Lipinski definition) is 0. The van der Waals surface area contributed by atoms with E-state index in [-0.39, 0.29) is 5.38 Å². The molecule has 0 aliphatic carbocycles. The summed E-state index contributed by atoms with van der Waals surface area (Å²) in [6.07, 6.45) is 7.80. The molecule has 3 unspecified atom stereocenters. The number of halogens is 6. The van der Waals surface area contributed by atoms with Crippen LogP contribution in [0.5, 0.6) is 0 Å². The lowest BCUT2D eigenvalue weighted by Gasteiger charge is -2.21. The predicted octanol–water partition coefficient (Wildman–Crippen LogP) is 6.58. The van der Waals surface area contributed by atoms with E-state index in [9.17, 15) is 0 Å². The minimum Gasteiger partial charge on any atom is -0.127 e. The van der Waals surface area contributed by atoms with E-state index < -0.39 is 15.6 Å². The molecule has 3 atom stereocenters. The molecule has 0 spiro atoms. The van der Waals surface area contributed by atoms with E-state index in [1.807, 2.05) is 0 Å². The van der Waals surface area contributed by atoms with E-state index in [0.717, 1.165) is 31.6 Å². The van der Waals surface area contributed by atoms with Gasteiger partial charge in [-0.2, -0.15) is 0 Å². The third-order valence-electron chi connectivity index (χ3n) is 2.75. The van der Waals surface area contributed by atoms with Crippen molar-refractivity contribution in [3.63, 3.8) is 0 Å². The number of unbranched alkanes of at least 4 members (excludes halogenated alkanes) is 5. The number of hydrogen-bond acceptors (Lipinski definition) is 0. The van der Waals surface area contributed by atoms with Gasteiger partial charge in [-0.3, -0.25) is 0 Å². The molecule has 0 saturated carbocycles. The zero-order chi connectivity index (χ0) is 14.0. The summed E-state index contributed by atoms with van der Waals surface area (Å²) in [6, 6.07) is 0. The van der Waals surface area contributed by atoms with Gasteiger partial charge in [0.15, 0.2) is 0 Å². The fourth-order valence-electron chi connectivity index (χ4n) is 1.64. The molecule has 0 amide bonds. The van der Waals surface area contributed by atoms with Crippen LogP contribution in [0.15, 0.2) is 0 Å². The first-order valence-corrected chi connectivity index (χ1v) is 8.98. The highest BCUT2D eigenvalue weighted by molar-refractivity contribution is 6.50. The number of rotatable bonds is 11. The summed E-state index contributed by atoms with van der Waals surface area (Å²) in [5.74, 6) is 0.757. The van der Waals surface area contributed by atoms with Crippen molar-refractivity contribution in [2.75, 3.05) is 5.88 Å². The Morgan fingerprint density at radius 3 is 1.61 bits per heavy atom. The molecule has 0 nitrogen and oxygen atoms in total. The molecule has 0 radical (unpaired) electrons. The molecule has 6 heteroatoms. The van der Waals surface area contributed by atoms with E-state index in [1.54, 1.807) is 0 Å². The molecule has 0 aromatic heterocycles. The normalized spacial score (nSPS) is 16.8. The second-order valence-corrected chi connectivity index (χ2v) is 7.45. The van der Waals surface area contributed by atoms with Gasteiger partial charge in [-0.15, -0.1) is 69.6 Å². The molecular weight excluding hydrogens is 357 g/mol. The molecule has 0 aliphatic heterocycles. The lowest BCUT2D eigenvalue weighted by molar-refractivity contribution is 0.569. The van der Waals surface area contributed by atoms with Gasteiger partial charge in [0.1, 0.15) is 4.84 Å². The van der Waals surface area contributed by atoms with Gasteiger partial charge in [0.2, 0.25) is 0 Å². The molecule has 0 rings (SSSR count). The smallest absolute Gasteiger partial charge is 0.125 e. The molecule has 0 aromatic rings. The predicted molar refractivity (Wildman–Crippen MR) is 87.5 cm³/mol. The maximum atomic E-state index is 6.18. The van der Waals surface area contributed by atoms with Crippen molar-refractivity contribution in [2.24, 2.45) is 0 Å². The lowest BCUT2D eigenvalue weighted by atomic mass is 10.1. The van der Waals surface area contributed by atoms with Crippen molar-refractivity contribution in [3.8, 4) is 0 Å². The molecule has 110 valence electrons. The van der Waals surface area contributed by atoms with Crippen molar-refractivity contribution in [1.29, 1.82) is 0 Å². The van der Waals surface area contributed by atoms with Crippen LogP contribution in [-0.2, 0) is 0 Å². The van der Waals surface area contributed by atoms with Gasteiger partial charge in [-0.25, -0.2) is 0 Å². The van der Waals surface area contributed by atoms with E-state index in [0.29, 0.717) is 0 Å². The minimum atomic E-state index is -0.689. The van der Waals surface area contributed by atoms with Crippen LogP contribution in [0.1, 0.15) is 44.9 Å². The molecule has 0 N–H and O–H groups in total. The second-order valence-electron chi connectivity index (χ2n) is 4.34. The highest BCUT2D eigenvalue weighted by Crippen LogP contribution is 2.28. The van der Waals surface area contributed by atoms with Crippen molar-refractivity contribution in [1.82, 2.24) is 0 Å². The zero-order valence-corrected chi connectivity index (χ0v) is 14.8. The Bertz CT molecular complexity index is 187. The van der Waals surface area contributed by atoms with E-state index >= 15 is 0 Å². The first kappa shape index (κ1) is 19.7. The summed E-state index contributed by atoms with van der Waals surface area (Å²) < 4.78 is 0. The largest absolute Gasteiger partial charge is 0.127 e. The fraction of sp³-hybridized carbons (Fsp3) is 1.00. The summed E-state index contributed by atoms with van der Waals surface area (Å²) in [5, 5.41) is -1.09. The van der Waals surface area contributed by atoms with E-state index in [4.69, 9.17) is 69.6 Å². The quantitative estimate of drug-likeness (QED) is 0.282. The van der Waals surface area contributed by atoms with Crippen LogP contribution in [0.2, 0.25) is 0 Å². The third kappa shape index (κ3) is 9.61. The Balaban J connectivity index is 3.55. The minimum absolute atomic E-state index is 0.183. The van der Waals surface area contributed by atoms with Gasteiger partial charge < -0.3 is 0 Å². The van der Waals surface area contributed by atoms with Crippen molar-refractivity contribution < 1.29 is 0 Å². The first-order valence-electron chi connectivity index (χ1n) is 6.27. The Morgan fingerprint density at radius 2 is 1.11 bits per heavy atom. The molecule has 0 fully saturated rings. The van der Waals surface area contributed by atoms with E-state index in [1.165, 1.54) is 19.3 Å². The summed E-state index contributed by atoms with van der Waals surface area (Å²) in [7, 11) is 0. The molecule has 0 heterocycles. The molecule has 0 aliphatic rings. The van der Waals surface area contributed by atoms with Crippen LogP contribution in [-0.4, -0.2) is 26.8 Å². The molecule has 0 aromatic carbocycles. The monoisotopic (exact) mass is 374 g/mol. The summed E-state index contributed by atoms with van der Waals surface area (Å²) in [6.45, 7) is 0. The van der Waals surface area contributed by atoms with Crippen LogP contribution in [0.4, 0.5) is 0 Å². The van der Waals surface area contributed by atoms with Crippen molar-refractivity contribution in [3.05, 3.63) is 0 Å². The summed E-state index contributed by atoms with van der Waals surface area (Å²) in [4.78, 5) is -0.689. The van der Waals surface area contributed by atoms with Gasteiger partial charge in [0.25, 0.3) is 0 Å². The number of alkyl halides is 6. The van der Waals surface area contributed by atoms with Crippen LogP contribution in [0, 0.1) is 0 Å². The van der Waals surface area contributed by atoms with Crippen molar-refractivity contribution in [2.45, 2.75) is 65.9 Å². The average Bonchev–Trinajstić information content (AvgIpc) is 2.35. The van der Waals surface area contributed by atoms with Crippen LogP contribution in [0.25, 0.3) is 0 Å². The lowest BCUT2D eigenvalue weighted by Crippen LogP contribution is -2.30. The van der Waals surface area contributed by atoms with Gasteiger partial charge in [0.05, 0.1) is 16.1 Å².